The Morgan fingerprint density at radius 1 is 1.53 bits per heavy atom. The van der Waals surface area contributed by atoms with Gasteiger partial charge in [-0.2, -0.15) is 5.10 Å². The molecule has 1 unspecified atom stereocenters. The lowest BCUT2D eigenvalue weighted by atomic mass is 9.90. The molecule has 2 rings (SSSR count). The molecular weight excluding hydrogens is 216 g/mol. The molecule has 2 heterocycles. The molecule has 1 aromatic rings. The van der Waals surface area contributed by atoms with Crippen LogP contribution in [-0.2, 0) is 17.7 Å². The summed E-state index contributed by atoms with van der Waals surface area (Å²) in [5.41, 5.74) is 6.27. The van der Waals surface area contributed by atoms with Crippen LogP contribution in [0.2, 0.25) is 0 Å². The van der Waals surface area contributed by atoms with Crippen molar-refractivity contribution in [1.29, 1.82) is 0 Å². The molecule has 5 nitrogen and oxygen atoms in total. The molecule has 1 aliphatic rings. The summed E-state index contributed by atoms with van der Waals surface area (Å²) in [7, 11) is 0. The first-order valence-corrected chi connectivity index (χ1v) is 6.51. The highest BCUT2D eigenvalue weighted by Gasteiger charge is 2.22. The van der Waals surface area contributed by atoms with E-state index in [4.69, 9.17) is 10.5 Å². The molecule has 1 aliphatic heterocycles. The Morgan fingerprint density at radius 3 is 3.00 bits per heavy atom. The monoisotopic (exact) mass is 238 g/mol. The fourth-order valence-electron chi connectivity index (χ4n) is 2.37. The minimum atomic E-state index is 0.179. The summed E-state index contributed by atoms with van der Waals surface area (Å²) in [6, 6.07) is 0.179. The summed E-state index contributed by atoms with van der Waals surface area (Å²) in [6.45, 7) is 4.76. The molecule has 0 saturated carbocycles. The lowest BCUT2D eigenvalue weighted by molar-refractivity contribution is 0.0581. The van der Waals surface area contributed by atoms with E-state index in [0.29, 0.717) is 5.92 Å². The third-order valence-electron chi connectivity index (χ3n) is 3.42. The van der Waals surface area contributed by atoms with Crippen LogP contribution >= 0.6 is 0 Å². The predicted octanol–water partition coefficient (Wildman–Crippen LogP) is 0.984. The van der Waals surface area contributed by atoms with Gasteiger partial charge in [0.25, 0.3) is 0 Å². The molecule has 1 fully saturated rings. The molecule has 2 N–H and O–H groups in total. The van der Waals surface area contributed by atoms with E-state index in [1.54, 1.807) is 6.33 Å². The van der Waals surface area contributed by atoms with Crippen molar-refractivity contribution in [2.24, 2.45) is 11.7 Å². The van der Waals surface area contributed by atoms with Gasteiger partial charge in [-0.25, -0.2) is 4.98 Å². The Hall–Kier alpha value is -0.940. The maximum atomic E-state index is 6.27. The van der Waals surface area contributed by atoms with Crippen molar-refractivity contribution in [2.45, 2.75) is 45.2 Å². The fraction of sp³-hybridized carbons (Fsp3) is 0.833. The maximum absolute atomic E-state index is 6.27. The van der Waals surface area contributed by atoms with Crippen molar-refractivity contribution in [1.82, 2.24) is 14.8 Å². The average molecular weight is 238 g/mol. The van der Waals surface area contributed by atoms with E-state index in [2.05, 4.69) is 17.0 Å². The van der Waals surface area contributed by atoms with Gasteiger partial charge < -0.3 is 10.5 Å². The summed E-state index contributed by atoms with van der Waals surface area (Å²) in [6.07, 6.45) is 5.67. The SMILES string of the molecule is CCCn1ncnc1CC(N)C1CCOCC1. The Balaban J connectivity index is 1.92. The number of hydrogen-bond acceptors (Lipinski definition) is 4. The molecule has 0 spiro atoms. The van der Waals surface area contributed by atoms with Gasteiger partial charge >= 0.3 is 0 Å². The Labute approximate surface area is 102 Å². The van der Waals surface area contributed by atoms with Gasteiger partial charge in [0.15, 0.2) is 0 Å². The van der Waals surface area contributed by atoms with Crippen LogP contribution in [0.25, 0.3) is 0 Å². The standard InChI is InChI=1S/C12H22N4O/c1-2-5-16-12(14-9-15-16)8-11(13)10-3-6-17-7-4-10/h9-11H,2-8,13H2,1H3. The molecule has 17 heavy (non-hydrogen) atoms. The van der Waals surface area contributed by atoms with Gasteiger partial charge in [0.2, 0.25) is 0 Å². The molecule has 1 atom stereocenters. The quantitative estimate of drug-likeness (QED) is 0.830. The first kappa shape index (κ1) is 12.5. The van der Waals surface area contributed by atoms with Crippen LogP contribution in [0.3, 0.4) is 0 Å². The van der Waals surface area contributed by atoms with Gasteiger partial charge in [0.1, 0.15) is 12.2 Å². The summed E-state index contributed by atoms with van der Waals surface area (Å²) < 4.78 is 7.33. The van der Waals surface area contributed by atoms with Crippen LogP contribution in [0, 0.1) is 5.92 Å². The number of aromatic nitrogens is 3. The molecule has 0 aliphatic carbocycles. The van der Waals surface area contributed by atoms with E-state index in [1.807, 2.05) is 4.68 Å². The number of nitrogens with zero attached hydrogens (tertiary/aromatic N) is 3. The second-order valence-electron chi connectivity index (χ2n) is 4.72. The summed E-state index contributed by atoms with van der Waals surface area (Å²) in [5, 5.41) is 4.23. The van der Waals surface area contributed by atoms with Crippen LogP contribution in [-0.4, -0.2) is 34.0 Å². The lowest BCUT2D eigenvalue weighted by Crippen LogP contribution is -2.36. The van der Waals surface area contributed by atoms with Gasteiger partial charge in [-0.1, -0.05) is 6.92 Å². The molecule has 5 heteroatoms. The van der Waals surface area contributed by atoms with Crippen LogP contribution < -0.4 is 5.73 Å². The predicted molar refractivity (Wildman–Crippen MR) is 65.5 cm³/mol. The average Bonchev–Trinajstić information content (AvgIpc) is 2.78. The van der Waals surface area contributed by atoms with E-state index in [9.17, 15) is 0 Å². The molecule has 1 saturated heterocycles. The molecule has 96 valence electrons. The van der Waals surface area contributed by atoms with Crippen LogP contribution in [0.15, 0.2) is 6.33 Å². The van der Waals surface area contributed by atoms with Gasteiger partial charge in [-0.05, 0) is 25.2 Å². The minimum absolute atomic E-state index is 0.179. The van der Waals surface area contributed by atoms with Gasteiger partial charge in [-0.15, -0.1) is 0 Å². The highest BCUT2D eigenvalue weighted by atomic mass is 16.5. The third-order valence-corrected chi connectivity index (χ3v) is 3.42. The van der Waals surface area contributed by atoms with Crippen molar-refractivity contribution >= 4 is 0 Å². The van der Waals surface area contributed by atoms with Gasteiger partial charge in [0.05, 0.1) is 0 Å². The molecule has 0 amide bonds. The second kappa shape index (κ2) is 6.12. The van der Waals surface area contributed by atoms with Crippen molar-refractivity contribution in [3.05, 3.63) is 12.2 Å². The Bertz CT molecular complexity index is 333. The lowest BCUT2D eigenvalue weighted by Gasteiger charge is -2.27. The van der Waals surface area contributed by atoms with Crippen LogP contribution in [0.4, 0.5) is 0 Å². The molecular formula is C12H22N4O. The summed E-state index contributed by atoms with van der Waals surface area (Å²) in [4.78, 5) is 4.31. The van der Waals surface area contributed by atoms with Crippen molar-refractivity contribution < 1.29 is 4.74 Å². The number of ether oxygens (including phenoxy) is 1. The first-order valence-electron chi connectivity index (χ1n) is 6.51. The van der Waals surface area contributed by atoms with Crippen LogP contribution in [0.5, 0.6) is 0 Å². The van der Waals surface area contributed by atoms with Gasteiger partial charge in [0, 0.05) is 32.2 Å². The molecule has 0 radical (unpaired) electrons. The van der Waals surface area contributed by atoms with E-state index in [1.165, 1.54) is 0 Å². The highest BCUT2D eigenvalue weighted by Crippen LogP contribution is 2.19. The fourth-order valence-corrected chi connectivity index (χ4v) is 2.37. The van der Waals surface area contributed by atoms with E-state index < -0.39 is 0 Å². The van der Waals surface area contributed by atoms with E-state index in [0.717, 1.165) is 51.3 Å². The summed E-state index contributed by atoms with van der Waals surface area (Å²) in [5.74, 6) is 1.58. The zero-order valence-electron chi connectivity index (χ0n) is 10.5. The number of rotatable bonds is 5. The third kappa shape index (κ3) is 3.26. The van der Waals surface area contributed by atoms with Gasteiger partial charge in [-0.3, -0.25) is 4.68 Å². The molecule has 0 bridgehead atoms. The smallest absolute Gasteiger partial charge is 0.138 e. The van der Waals surface area contributed by atoms with Crippen molar-refractivity contribution in [3.8, 4) is 0 Å². The number of aryl methyl sites for hydroxylation is 1. The number of hydrogen-bond donors (Lipinski definition) is 1. The summed E-state index contributed by atoms with van der Waals surface area (Å²) >= 11 is 0. The largest absolute Gasteiger partial charge is 0.381 e. The topological polar surface area (TPSA) is 66.0 Å². The Morgan fingerprint density at radius 2 is 2.29 bits per heavy atom. The zero-order valence-corrected chi connectivity index (χ0v) is 10.5. The zero-order chi connectivity index (χ0) is 12.1. The minimum Gasteiger partial charge on any atom is -0.381 e. The molecule has 1 aromatic heterocycles. The molecule has 0 aromatic carbocycles. The van der Waals surface area contributed by atoms with E-state index in [-0.39, 0.29) is 6.04 Å². The van der Waals surface area contributed by atoms with Crippen molar-refractivity contribution in [3.63, 3.8) is 0 Å². The highest BCUT2D eigenvalue weighted by molar-refractivity contribution is 4.91. The normalized spacial score (nSPS) is 19.4. The van der Waals surface area contributed by atoms with E-state index >= 15 is 0 Å². The Kier molecular flexibility index (Phi) is 4.50. The second-order valence-corrected chi connectivity index (χ2v) is 4.72. The first-order chi connectivity index (χ1) is 8.31. The van der Waals surface area contributed by atoms with Crippen LogP contribution in [0.1, 0.15) is 32.0 Å². The van der Waals surface area contributed by atoms with Crippen molar-refractivity contribution in [2.75, 3.05) is 13.2 Å². The number of nitrogens with two attached hydrogens (primary N) is 1. The maximum Gasteiger partial charge on any atom is 0.138 e.